The quantitative estimate of drug-likeness (QED) is 0.830. The lowest BCUT2D eigenvalue weighted by Gasteiger charge is -2.30. The number of aryl methyl sites for hydroxylation is 3. The highest BCUT2D eigenvalue weighted by atomic mass is 32.2. The van der Waals surface area contributed by atoms with E-state index in [0.717, 1.165) is 27.9 Å². The van der Waals surface area contributed by atoms with Crippen LogP contribution in [0.25, 0.3) is 0 Å². The molecule has 1 aliphatic rings. The number of sulfonamides is 1. The predicted octanol–water partition coefficient (Wildman–Crippen LogP) is 3.79. The average molecular weight is 401 g/mol. The van der Waals surface area contributed by atoms with Crippen molar-refractivity contribution in [3.8, 4) is 0 Å². The number of carbonyl (C=O) groups is 1. The van der Waals surface area contributed by atoms with Crippen molar-refractivity contribution < 1.29 is 13.2 Å². The number of piperidine rings is 1. The molecule has 1 aliphatic heterocycles. The summed E-state index contributed by atoms with van der Waals surface area (Å²) in [4.78, 5) is 12.6. The Hall–Kier alpha value is -2.18. The van der Waals surface area contributed by atoms with Crippen LogP contribution in [0.2, 0.25) is 0 Å². The molecule has 1 heterocycles. The van der Waals surface area contributed by atoms with E-state index in [1.54, 1.807) is 0 Å². The van der Waals surface area contributed by atoms with Crippen molar-refractivity contribution in [2.75, 3.05) is 18.4 Å². The van der Waals surface area contributed by atoms with Gasteiger partial charge in [0.2, 0.25) is 15.9 Å². The van der Waals surface area contributed by atoms with Crippen LogP contribution in [0, 0.1) is 26.7 Å². The van der Waals surface area contributed by atoms with Gasteiger partial charge in [-0.3, -0.25) is 4.79 Å². The summed E-state index contributed by atoms with van der Waals surface area (Å²) in [6.07, 6.45) is 1.09. The summed E-state index contributed by atoms with van der Waals surface area (Å²) in [5.41, 5.74) is 4.86. The fourth-order valence-corrected chi connectivity index (χ4v) is 5.34. The fourth-order valence-electron chi connectivity index (χ4n) is 3.79. The molecule has 2 aromatic carbocycles. The second-order valence-electron chi connectivity index (χ2n) is 7.78. The van der Waals surface area contributed by atoms with Gasteiger partial charge in [-0.15, -0.1) is 0 Å². The Morgan fingerprint density at radius 3 is 2.25 bits per heavy atom. The van der Waals surface area contributed by atoms with E-state index in [0.29, 0.717) is 25.9 Å². The number of rotatable bonds is 5. The van der Waals surface area contributed by atoms with Crippen molar-refractivity contribution in [2.45, 2.75) is 39.4 Å². The molecule has 0 bridgehead atoms. The summed E-state index contributed by atoms with van der Waals surface area (Å²) in [5, 5.41) is 2.99. The Morgan fingerprint density at radius 2 is 1.64 bits per heavy atom. The van der Waals surface area contributed by atoms with Crippen molar-refractivity contribution in [3.63, 3.8) is 0 Å². The van der Waals surface area contributed by atoms with Crippen LogP contribution < -0.4 is 5.32 Å². The molecule has 6 heteroatoms. The Bertz CT molecular complexity index is 941. The summed E-state index contributed by atoms with van der Waals surface area (Å²) in [5.74, 6) is -0.180. The monoisotopic (exact) mass is 400 g/mol. The molecule has 5 nitrogen and oxygen atoms in total. The maximum atomic E-state index is 12.7. The molecule has 0 radical (unpaired) electrons. The Kier molecular flexibility index (Phi) is 6.20. The van der Waals surface area contributed by atoms with E-state index in [-0.39, 0.29) is 17.6 Å². The zero-order valence-electron chi connectivity index (χ0n) is 16.7. The van der Waals surface area contributed by atoms with Crippen LogP contribution in [0.4, 0.5) is 5.69 Å². The van der Waals surface area contributed by atoms with Gasteiger partial charge < -0.3 is 5.32 Å². The van der Waals surface area contributed by atoms with Crippen LogP contribution >= 0.6 is 0 Å². The Balaban J connectivity index is 1.58. The highest BCUT2D eigenvalue weighted by molar-refractivity contribution is 7.88. The maximum Gasteiger partial charge on any atom is 0.227 e. The van der Waals surface area contributed by atoms with E-state index in [4.69, 9.17) is 0 Å². The van der Waals surface area contributed by atoms with Gasteiger partial charge in [0.05, 0.1) is 5.75 Å². The summed E-state index contributed by atoms with van der Waals surface area (Å²) in [7, 11) is -3.37. The van der Waals surface area contributed by atoms with Gasteiger partial charge >= 0.3 is 0 Å². The lowest BCUT2D eigenvalue weighted by Crippen LogP contribution is -2.41. The minimum atomic E-state index is -3.37. The zero-order valence-corrected chi connectivity index (χ0v) is 17.6. The lowest BCUT2D eigenvalue weighted by atomic mass is 9.97. The molecule has 0 saturated carbocycles. The average Bonchev–Trinajstić information content (AvgIpc) is 2.60. The molecule has 0 atom stereocenters. The molecule has 1 fully saturated rings. The van der Waals surface area contributed by atoms with E-state index in [9.17, 15) is 13.2 Å². The molecule has 0 aliphatic carbocycles. The second kappa shape index (κ2) is 8.45. The fraction of sp³-hybridized carbons (Fsp3) is 0.409. The predicted molar refractivity (Wildman–Crippen MR) is 113 cm³/mol. The van der Waals surface area contributed by atoms with Crippen molar-refractivity contribution in [1.29, 1.82) is 0 Å². The minimum absolute atomic E-state index is 0.00805. The molecule has 0 spiro atoms. The third-order valence-corrected chi connectivity index (χ3v) is 6.99. The van der Waals surface area contributed by atoms with Crippen molar-refractivity contribution >= 4 is 21.6 Å². The lowest BCUT2D eigenvalue weighted by molar-refractivity contribution is -0.120. The van der Waals surface area contributed by atoms with Crippen molar-refractivity contribution in [2.24, 2.45) is 5.92 Å². The van der Waals surface area contributed by atoms with Gasteiger partial charge in [-0.2, -0.15) is 0 Å². The number of hydrogen-bond acceptors (Lipinski definition) is 3. The molecule has 0 aromatic heterocycles. The molecule has 1 amide bonds. The largest absolute Gasteiger partial charge is 0.326 e. The van der Waals surface area contributed by atoms with Crippen LogP contribution in [0.15, 0.2) is 42.5 Å². The number of carbonyl (C=O) groups excluding carboxylic acids is 1. The third kappa shape index (κ3) is 5.20. The number of anilines is 1. The maximum absolute atomic E-state index is 12.7. The van der Waals surface area contributed by atoms with Crippen LogP contribution in [0.1, 0.15) is 35.1 Å². The number of hydrogen-bond donors (Lipinski definition) is 1. The highest BCUT2D eigenvalue weighted by Crippen LogP contribution is 2.24. The summed E-state index contributed by atoms with van der Waals surface area (Å²) in [6.45, 7) is 6.73. The van der Waals surface area contributed by atoms with E-state index < -0.39 is 10.0 Å². The minimum Gasteiger partial charge on any atom is -0.326 e. The van der Waals surface area contributed by atoms with Crippen molar-refractivity contribution in [1.82, 2.24) is 4.31 Å². The van der Waals surface area contributed by atoms with Crippen LogP contribution in [-0.2, 0) is 20.6 Å². The molecule has 150 valence electrons. The number of nitrogens with zero attached hydrogens (tertiary/aromatic N) is 1. The van der Waals surface area contributed by atoms with Gasteiger partial charge in [-0.05, 0) is 62.4 Å². The van der Waals surface area contributed by atoms with Crippen LogP contribution in [-0.4, -0.2) is 31.7 Å². The van der Waals surface area contributed by atoms with E-state index in [1.807, 2.05) is 57.2 Å². The van der Waals surface area contributed by atoms with Gasteiger partial charge in [-0.1, -0.05) is 35.9 Å². The molecule has 3 rings (SSSR count). The molecular weight excluding hydrogens is 372 g/mol. The van der Waals surface area contributed by atoms with Gasteiger partial charge in [0.25, 0.3) is 0 Å². The summed E-state index contributed by atoms with van der Waals surface area (Å²) < 4.78 is 27.0. The smallest absolute Gasteiger partial charge is 0.227 e. The first-order valence-electron chi connectivity index (χ1n) is 9.65. The first kappa shape index (κ1) is 20.6. The molecule has 2 aromatic rings. The molecule has 1 N–H and O–H groups in total. The van der Waals surface area contributed by atoms with E-state index in [1.165, 1.54) is 4.31 Å². The SMILES string of the molecule is Cc1cccc(CS(=O)(=O)N2CCC(C(=O)Nc3cc(C)cc(C)c3)CC2)c1. The summed E-state index contributed by atoms with van der Waals surface area (Å²) in [6, 6.07) is 13.5. The van der Waals surface area contributed by atoms with Gasteiger partial charge in [-0.25, -0.2) is 12.7 Å². The summed E-state index contributed by atoms with van der Waals surface area (Å²) >= 11 is 0. The standard InChI is InChI=1S/C22H28N2O3S/c1-16-5-4-6-19(12-16)15-28(26,27)24-9-7-20(8-10-24)22(25)23-21-13-17(2)11-18(3)14-21/h4-6,11-14,20H,7-10,15H2,1-3H3,(H,23,25). The van der Waals surface area contributed by atoms with E-state index in [2.05, 4.69) is 11.4 Å². The van der Waals surface area contributed by atoms with Crippen LogP contribution in [0.5, 0.6) is 0 Å². The normalized spacial score (nSPS) is 16.1. The number of benzene rings is 2. The first-order chi connectivity index (χ1) is 13.2. The molecular formula is C22H28N2O3S. The topological polar surface area (TPSA) is 66.5 Å². The number of amides is 1. The van der Waals surface area contributed by atoms with Gasteiger partial charge in [0.15, 0.2) is 0 Å². The second-order valence-corrected chi connectivity index (χ2v) is 9.75. The Morgan fingerprint density at radius 1 is 1.00 bits per heavy atom. The van der Waals surface area contributed by atoms with Gasteiger partial charge in [0, 0.05) is 24.7 Å². The van der Waals surface area contributed by atoms with Crippen LogP contribution in [0.3, 0.4) is 0 Å². The Labute approximate surface area is 167 Å². The number of nitrogens with one attached hydrogen (secondary N) is 1. The van der Waals surface area contributed by atoms with E-state index >= 15 is 0 Å². The third-order valence-electron chi connectivity index (χ3n) is 5.14. The molecule has 1 saturated heterocycles. The molecule has 28 heavy (non-hydrogen) atoms. The van der Waals surface area contributed by atoms with Crippen molar-refractivity contribution in [3.05, 3.63) is 64.7 Å². The first-order valence-corrected chi connectivity index (χ1v) is 11.3. The van der Waals surface area contributed by atoms with Gasteiger partial charge in [0.1, 0.15) is 0 Å². The molecule has 0 unspecified atom stereocenters. The highest BCUT2D eigenvalue weighted by Gasteiger charge is 2.31. The zero-order chi connectivity index (χ0) is 20.3.